The van der Waals surface area contributed by atoms with Gasteiger partial charge < -0.3 is 10.1 Å². The number of hydrogen-bond donors (Lipinski definition) is 1. The van der Waals surface area contributed by atoms with Gasteiger partial charge in [-0.05, 0) is 38.0 Å². The van der Waals surface area contributed by atoms with Gasteiger partial charge in [0.2, 0.25) is 10.0 Å². The van der Waals surface area contributed by atoms with Crippen molar-refractivity contribution in [2.45, 2.75) is 36.8 Å². The first kappa shape index (κ1) is 18.2. The van der Waals surface area contributed by atoms with E-state index in [0.29, 0.717) is 30.5 Å². The first-order valence-electron chi connectivity index (χ1n) is 8.53. The second kappa shape index (κ2) is 7.09. The van der Waals surface area contributed by atoms with Gasteiger partial charge in [0.1, 0.15) is 10.7 Å². The van der Waals surface area contributed by atoms with Crippen LogP contribution in [0.4, 0.5) is 5.82 Å². The molecular formula is C17H20ClN3O3S2. The summed E-state index contributed by atoms with van der Waals surface area (Å²) < 4.78 is 32.7. The molecular weight excluding hydrogens is 394 g/mol. The van der Waals surface area contributed by atoms with Gasteiger partial charge in [0, 0.05) is 29.0 Å². The number of nitrogens with zero attached hydrogens (tertiary/aromatic N) is 2. The summed E-state index contributed by atoms with van der Waals surface area (Å²) in [5, 5.41) is 3.49. The minimum Gasteiger partial charge on any atom is -0.375 e. The molecule has 140 valence electrons. The Morgan fingerprint density at radius 3 is 3.04 bits per heavy atom. The number of ether oxygens (including phenoxy) is 1. The van der Waals surface area contributed by atoms with Crippen molar-refractivity contribution >= 4 is 38.8 Å². The van der Waals surface area contributed by atoms with Crippen LogP contribution in [0, 0.1) is 6.92 Å². The molecule has 4 rings (SSSR count). The third-order valence-corrected chi connectivity index (χ3v) is 7.83. The van der Waals surface area contributed by atoms with Crippen LogP contribution in [0.2, 0.25) is 5.02 Å². The second-order valence-electron chi connectivity index (χ2n) is 6.52. The molecule has 2 aromatic heterocycles. The summed E-state index contributed by atoms with van der Waals surface area (Å²) in [5.41, 5.74) is 0. The minimum atomic E-state index is -3.59. The minimum absolute atomic E-state index is 0.0421. The molecule has 0 spiro atoms. The van der Waals surface area contributed by atoms with Gasteiger partial charge in [0.05, 0.1) is 23.8 Å². The fraction of sp³-hybridized carbons (Fsp3) is 0.471. The summed E-state index contributed by atoms with van der Waals surface area (Å²) in [6, 6.07) is 5.65. The number of nitrogens with one attached hydrogen (secondary N) is 1. The summed E-state index contributed by atoms with van der Waals surface area (Å²) in [5.74, 6) is 0.505. The lowest BCUT2D eigenvalue weighted by Gasteiger charge is -2.25. The van der Waals surface area contributed by atoms with E-state index in [4.69, 9.17) is 16.3 Å². The van der Waals surface area contributed by atoms with Gasteiger partial charge in [0.15, 0.2) is 0 Å². The molecule has 6 nitrogen and oxygen atoms in total. The van der Waals surface area contributed by atoms with Crippen molar-refractivity contribution in [3.05, 3.63) is 39.2 Å². The molecule has 0 amide bonds. The van der Waals surface area contributed by atoms with Gasteiger partial charge >= 0.3 is 0 Å². The van der Waals surface area contributed by atoms with Crippen LogP contribution in [0.1, 0.15) is 16.2 Å². The molecule has 2 atom stereocenters. The third kappa shape index (κ3) is 3.61. The summed E-state index contributed by atoms with van der Waals surface area (Å²) in [7, 11) is -3.59. The maximum atomic E-state index is 12.8. The van der Waals surface area contributed by atoms with E-state index in [9.17, 15) is 8.42 Å². The van der Waals surface area contributed by atoms with Crippen molar-refractivity contribution in [3.8, 4) is 0 Å². The van der Waals surface area contributed by atoms with Crippen LogP contribution in [0.3, 0.4) is 0 Å². The highest BCUT2D eigenvalue weighted by Gasteiger charge is 2.50. The molecule has 0 bridgehead atoms. The Balaban J connectivity index is 1.43. The highest BCUT2D eigenvalue weighted by Crippen LogP contribution is 2.38. The summed E-state index contributed by atoms with van der Waals surface area (Å²) in [6.07, 6.45) is 3.06. The maximum absolute atomic E-state index is 12.8. The number of morpholine rings is 1. The topological polar surface area (TPSA) is 71.5 Å². The zero-order valence-electron chi connectivity index (χ0n) is 14.3. The lowest BCUT2D eigenvalue weighted by Crippen LogP contribution is -2.41. The average Bonchev–Trinajstić information content (AvgIpc) is 3.30. The molecule has 2 aliphatic rings. The van der Waals surface area contributed by atoms with Crippen molar-refractivity contribution in [2.75, 3.05) is 25.0 Å². The van der Waals surface area contributed by atoms with Crippen LogP contribution in [-0.4, -0.2) is 49.5 Å². The van der Waals surface area contributed by atoms with Crippen LogP contribution in [0.25, 0.3) is 0 Å². The Bertz CT molecular complexity index is 916. The molecule has 1 aliphatic carbocycles. The van der Waals surface area contributed by atoms with Gasteiger partial charge in [-0.15, -0.1) is 11.3 Å². The van der Waals surface area contributed by atoms with Gasteiger partial charge in [-0.3, -0.25) is 0 Å². The Morgan fingerprint density at radius 2 is 2.31 bits per heavy atom. The number of halogens is 1. The van der Waals surface area contributed by atoms with Gasteiger partial charge in [0.25, 0.3) is 0 Å². The molecule has 9 heteroatoms. The number of hydrogen-bond acceptors (Lipinski definition) is 6. The van der Waals surface area contributed by atoms with Gasteiger partial charge in [-0.25, -0.2) is 13.4 Å². The Morgan fingerprint density at radius 1 is 1.46 bits per heavy atom. The van der Waals surface area contributed by atoms with Crippen LogP contribution in [0.15, 0.2) is 29.3 Å². The maximum Gasteiger partial charge on any atom is 0.245 e. The second-order valence-corrected chi connectivity index (χ2v) is 10.2. The van der Waals surface area contributed by atoms with E-state index in [2.05, 4.69) is 29.4 Å². The lowest BCUT2D eigenvalue weighted by atomic mass is 10.3. The Kier molecular flexibility index (Phi) is 4.96. The molecule has 1 saturated carbocycles. The summed E-state index contributed by atoms with van der Waals surface area (Å²) >= 11 is 8.04. The SMILES string of the molecule is Cc1ccc(CCNc2ncc(S(=O)(=O)N3CCOC4CC43)cc2Cl)s1. The zero-order chi connectivity index (χ0) is 18.3. The van der Waals surface area contributed by atoms with E-state index in [0.717, 1.165) is 12.8 Å². The third-order valence-electron chi connectivity index (χ3n) is 4.60. The van der Waals surface area contributed by atoms with E-state index in [1.54, 1.807) is 11.3 Å². The number of pyridine rings is 1. The van der Waals surface area contributed by atoms with E-state index in [1.165, 1.54) is 26.3 Å². The predicted molar refractivity (Wildman–Crippen MR) is 103 cm³/mol. The number of sulfonamides is 1. The fourth-order valence-corrected chi connectivity index (χ4v) is 5.95. The largest absolute Gasteiger partial charge is 0.375 e. The van der Waals surface area contributed by atoms with Crippen molar-refractivity contribution in [1.82, 2.24) is 9.29 Å². The standard InChI is InChI=1S/C17H20ClN3O3S2/c1-11-2-3-12(25-11)4-5-19-17-14(18)8-13(10-20-17)26(22,23)21-6-7-24-16-9-15(16)21/h2-3,8,10,15-16H,4-7,9H2,1H3,(H,19,20). The normalized spacial score (nSPS) is 22.8. The summed E-state index contributed by atoms with van der Waals surface area (Å²) in [4.78, 5) is 6.94. The smallest absolute Gasteiger partial charge is 0.245 e. The molecule has 1 saturated heterocycles. The van der Waals surface area contributed by atoms with Gasteiger partial charge in [-0.1, -0.05) is 11.6 Å². The average molecular weight is 414 g/mol. The van der Waals surface area contributed by atoms with E-state index >= 15 is 0 Å². The summed E-state index contributed by atoms with van der Waals surface area (Å²) in [6.45, 7) is 3.58. The van der Waals surface area contributed by atoms with Crippen molar-refractivity contribution in [2.24, 2.45) is 0 Å². The monoisotopic (exact) mass is 413 g/mol. The number of aryl methyl sites for hydroxylation is 1. The first-order chi connectivity index (χ1) is 12.4. The van der Waals surface area contributed by atoms with E-state index < -0.39 is 10.0 Å². The highest BCUT2D eigenvalue weighted by molar-refractivity contribution is 7.89. The quantitative estimate of drug-likeness (QED) is 0.788. The molecule has 2 fully saturated rings. The van der Waals surface area contributed by atoms with Crippen LogP contribution in [-0.2, 0) is 21.2 Å². The van der Waals surface area contributed by atoms with Crippen LogP contribution in [0.5, 0.6) is 0 Å². The zero-order valence-corrected chi connectivity index (χ0v) is 16.7. The fourth-order valence-electron chi connectivity index (χ4n) is 3.15. The molecule has 1 aliphatic heterocycles. The Labute approximate surface area is 162 Å². The number of rotatable bonds is 6. The predicted octanol–water partition coefficient (Wildman–Crippen LogP) is 2.92. The molecule has 2 aromatic rings. The van der Waals surface area contributed by atoms with E-state index in [1.807, 2.05) is 0 Å². The molecule has 3 heterocycles. The number of fused-ring (bicyclic) bond motifs is 1. The molecule has 1 N–H and O–H groups in total. The highest BCUT2D eigenvalue weighted by atomic mass is 35.5. The lowest BCUT2D eigenvalue weighted by molar-refractivity contribution is 0.0623. The number of thiophene rings is 1. The van der Waals surface area contributed by atoms with Crippen molar-refractivity contribution < 1.29 is 13.2 Å². The van der Waals surface area contributed by atoms with Crippen LogP contribution < -0.4 is 5.32 Å². The molecule has 0 aromatic carbocycles. The molecule has 0 radical (unpaired) electrons. The van der Waals surface area contributed by atoms with Crippen LogP contribution >= 0.6 is 22.9 Å². The van der Waals surface area contributed by atoms with E-state index in [-0.39, 0.29) is 17.0 Å². The molecule has 26 heavy (non-hydrogen) atoms. The van der Waals surface area contributed by atoms with Crippen molar-refractivity contribution in [3.63, 3.8) is 0 Å². The first-order valence-corrected chi connectivity index (χ1v) is 11.2. The number of aromatic nitrogens is 1. The molecule has 2 unspecified atom stereocenters. The Hall–Kier alpha value is -1.19. The van der Waals surface area contributed by atoms with Gasteiger partial charge in [-0.2, -0.15) is 4.31 Å². The number of anilines is 1. The van der Waals surface area contributed by atoms with Crippen molar-refractivity contribution in [1.29, 1.82) is 0 Å².